The number of likely N-dealkylation sites (tertiary alicyclic amines) is 1. The van der Waals surface area contributed by atoms with Gasteiger partial charge >= 0.3 is 0 Å². The van der Waals surface area contributed by atoms with E-state index in [0.29, 0.717) is 5.54 Å². The molecule has 1 rings (SSSR count). The van der Waals surface area contributed by atoms with Crippen LogP contribution < -0.4 is 0 Å². The Bertz CT molecular complexity index is 101. The highest BCUT2D eigenvalue weighted by Gasteiger charge is 2.25. The summed E-state index contributed by atoms with van der Waals surface area (Å²) in [5, 5.41) is 0. The highest BCUT2D eigenvalue weighted by molar-refractivity contribution is 5.85. The highest BCUT2D eigenvalue weighted by Crippen LogP contribution is 2.24. The molecule has 1 heterocycles. The largest absolute Gasteiger partial charge is 0.301 e. The van der Waals surface area contributed by atoms with E-state index in [2.05, 4.69) is 25.8 Å². The first-order valence-electron chi connectivity index (χ1n) is 3.84. The van der Waals surface area contributed by atoms with Gasteiger partial charge in [0, 0.05) is 5.54 Å². The summed E-state index contributed by atoms with van der Waals surface area (Å²) in [5.41, 5.74) is 0.470. The zero-order valence-corrected chi connectivity index (χ0v) is 8.00. The number of nitrogens with zero attached hydrogens (tertiary/aromatic N) is 1. The molecule has 0 bridgehead atoms. The average Bonchev–Trinajstić information content (AvgIpc) is 1.77. The van der Waals surface area contributed by atoms with Gasteiger partial charge in [0.15, 0.2) is 0 Å². The van der Waals surface area contributed by atoms with Crippen LogP contribution >= 0.6 is 12.4 Å². The van der Waals surface area contributed by atoms with Crippen LogP contribution in [0.5, 0.6) is 0 Å². The minimum absolute atomic E-state index is 0. The van der Waals surface area contributed by atoms with Crippen molar-refractivity contribution in [2.75, 3.05) is 13.6 Å². The van der Waals surface area contributed by atoms with Crippen LogP contribution in [-0.2, 0) is 0 Å². The molecule has 1 aliphatic heterocycles. The van der Waals surface area contributed by atoms with Crippen LogP contribution in [-0.4, -0.2) is 24.0 Å². The topological polar surface area (TPSA) is 3.24 Å². The van der Waals surface area contributed by atoms with E-state index in [-0.39, 0.29) is 12.4 Å². The monoisotopic (exact) mass is 163 g/mol. The quantitative estimate of drug-likeness (QED) is 0.530. The van der Waals surface area contributed by atoms with Crippen LogP contribution in [0, 0.1) is 0 Å². The van der Waals surface area contributed by atoms with Gasteiger partial charge in [-0.2, -0.15) is 0 Å². The first-order valence-corrected chi connectivity index (χ1v) is 3.84. The van der Waals surface area contributed by atoms with Gasteiger partial charge in [0.2, 0.25) is 0 Å². The van der Waals surface area contributed by atoms with Crippen LogP contribution in [0.3, 0.4) is 0 Å². The molecular weight excluding hydrogens is 146 g/mol. The van der Waals surface area contributed by atoms with Crippen LogP contribution in [0.4, 0.5) is 0 Å². The summed E-state index contributed by atoms with van der Waals surface area (Å²) in [4.78, 5) is 2.45. The number of piperidine rings is 1. The Kier molecular flexibility index (Phi) is 3.68. The molecule has 0 aromatic heterocycles. The standard InChI is InChI=1S/C8H17N.ClH/c1-8(2)6-4-5-7-9(8)3;/h4-7H2,1-3H3;1H. The van der Waals surface area contributed by atoms with Crippen molar-refractivity contribution in [1.82, 2.24) is 4.90 Å². The second-order valence-electron chi connectivity index (χ2n) is 3.69. The molecule has 1 aliphatic rings. The third-order valence-corrected chi connectivity index (χ3v) is 2.57. The van der Waals surface area contributed by atoms with E-state index in [9.17, 15) is 0 Å². The lowest BCUT2D eigenvalue weighted by molar-refractivity contribution is 0.108. The summed E-state index contributed by atoms with van der Waals surface area (Å²) in [6.45, 7) is 5.94. The van der Waals surface area contributed by atoms with Crippen molar-refractivity contribution in [2.24, 2.45) is 0 Å². The maximum Gasteiger partial charge on any atom is 0.0150 e. The molecule has 62 valence electrons. The van der Waals surface area contributed by atoms with Crippen molar-refractivity contribution in [1.29, 1.82) is 0 Å². The fraction of sp³-hybridized carbons (Fsp3) is 1.00. The Morgan fingerprint density at radius 3 is 2.10 bits per heavy atom. The first kappa shape index (κ1) is 10.2. The number of hydrogen-bond acceptors (Lipinski definition) is 1. The number of rotatable bonds is 0. The Labute approximate surface area is 70.2 Å². The lowest BCUT2D eigenvalue weighted by Gasteiger charge is -2.39. The summed E-state index contributed by atoms with van der Waals surface area (Å²) in [5.74, 6) is 0. The average molecular weight is 164 g/mol. The van der Waals surface area contributed by atoms with Gasteiger partial charge in [-0.15, -0.1) is 12.4 Å². The summed E-state index contributed by atoms with van der Waals surface area (Å²) in [6.07, 6.45) is 4.17. The molecule has 0 aliphatic carbocycles. The summed E-state index contributed by atoms with van der Waals surface area (Å²) in [7, 11) is 2.22. The Morgan fingerprint density at radius 2 is 1.80 bits per heavy atom. The molecule has 0 saturated carbocycles. The maximum atomic E-state index is 2.45. The normalized spacial score (nSPS) is 25.5. The first-order chi connectivity index (χ1) is 4.13. The summed E-state index contributed by atoms with van der Waals surface area (Å²) < 4.78 is 0. The highest BCUT2D eigenvalue weighted by atomic mass is 35.5. The van der Waals surface area contributed by atoms with Crippen LogP contribution in [0.15, 0.2) is 0 Å². The lowest BCUT2D eigenvalue weighted by atomic mass is 9.91. The van der Waals surface area contributed by atoms with Gasteiger partial charge in [-0.3, -0.25) is 0 Å². The van der Waals surface area contributed by atoms with Crippen molar-refractivity contribution < 1.29 is 0 Å². The smallest absolute Gasteiger partial charge is 0.0150 e. The molecule has 0 unspecified atom stereocenters. The minimum Gasteiger partial charge on any atom is -0.301 e. The molecule has 10 heavy (non-hydrogen) atoms. The molecule has 1 fully saturated rings. The Morgan fingerprint density at radius 1 is 1.20 bits per heavy atom. The predicted molar refractivity (Wildman–Crippen MR) is 47.8 cm³/mol. The Balaban J connectivity index is 0.000000810. The van der Waals surface area contributed by atoms with Crippen LogP contribution in [0.2, 0.25) is 0 Å². The predicted octanol–water partition coefficient (Wildman–Crippen LogP) is 2.30. The van der Waals surface area contributed by atoms with Crippen LogP contribution in [0.1, 0.15) is 33.1 Å². The van der Waals surface area contributed by atoms with Gasteiger partial charge in [0.1, 0.15) is 0 Å². The molecule has 1 saturated heterocycles. The van der Waals surface area contributed by atoms with Gasteiger partial charge in [0.05, 0.1) is 0 Å². The Hall–Kier alpha value is 0.250. The lowest BCUT2D eigenvalue weighted by Crippen LogP contribution is -2.44. The van der Waals surface area contributed by atoms with Gasteiger partial charge in [0.25, 0.3) is 0 Å². The fourth-order valence-electron chi connectivity index (χ4n) is 1.40. The molecular formula is C8H18ClN. The second kappa shape index (κ2) is 3.59. The number of halogens is 1. The van der Waals surface area contributed by atoms with E-state index < -0.39 is 0 Å². The van der Waals surface area contributed by atoms with E-state index in [1.54, 1.807) is 0 Å². The molecule has 0 N–H and O–H groups in total. The third kappa shape index (κ3) is 2.14. The maximum absolute atomic E-state index is 2.45. The van der Waals surface area contributed by atoms with E-state index in [4.69, 9.17) is 0 Å². The van der Waals surface area contributed by atoms with Gasteiger partial charge in [-0.25, -0.2) is 0 Å². The van der Waals surface area contributed by atoms with E-state index in [1.165, 1.54) is 25.8 Å². The SMILES string of the molecule is CN1CCCCC1(C)C.Cl. The zero-order valence-electron chi connectivity index (χ0n) is 7.18. The summed E-state index contributed by atoms with van der Waals surface area (Å²) in [6, 6.07) is 0. The van der Waals surface area contributed by atoms with Crippen LogP contribution in [0.25, 0.3) is 0 Å². The molecule has 0 atom stereocenters. The molecule has 0 aromatic rings. The molecule has 0 spiro atoms. The van der Waals surface area contributed by atoms with E-state index in [1.807, 2.05) is 0 Å². The molecule has 0 amide bonds. The summed E-state index contributed by atoms with van der Waals surface area (Å²) >= 11 is 0. The van der Waals surface area contributed by atoms with Crippen molar-refractivity contribution in [3.8, 4) is 0 Å². The molecule has 0 radical (unpaired) electrons. The fourth-order valence-corrected chi connectivity index (χ4v) is 1.40. The van der Waals surface area contributed by atoms with Crippen molar-refractivity contribution in [3.63, 3.8) is 0 Å². The van der Waals surface area contributed by atoms with Crippen molar-refractivity contribution >= 4 is 12.4 Å². The molecule has 0 aromatic carbocycles. The van der Waals surface area contributed by atoms with E-state index in [0.717, 1.165) is 0 Å². The van der Waals surface area contributed by atoms with Gasteiger partial charge < -0.3 is 4.90 Å². The third-order valence-electron chi connectivity index (χ3n) is 2.57. The molecule has 2 heteroatoms. The van der Waals surface area contributed by atoms with Gasteiger partial charge in [-0.1, -0.05) is 6.42 Å². The van der Waals surface area contributed by atoms with Gasteiger partial charge in [-0.05, 0) is 40.3 Å². The van der Waals surface area contributed by atoms with Crippen molar-refractivity contribution in [3.05, 3.63) is 0 Å². The minimum atomic E-state index is 0. The van der Waals surface area contributed by atoms with E-state index >= 15 is 0 Å². The zero-order chi connectivity index (χ0) is 6.91. The number of hydrogen-bond donors (Lipinski definition) is 0. The second-order valence-corrected chi connectivity index (χ2v) is 3.69. The molecule has 1 nitrogen and oxygen atoms in total. The van der Waals surface area contributed by atoms with Crippen molar-refractivity contribution in [2.45, 2.75) is 38.6 Å².